The number of hydrogen-bond acceptors (Lipinski definition) is 1. The van der Waals surface area contributed by atoms with Gasteiger partial charge in [-0.2, -0.15) is 0 Å². The third-order valence-electron chi connectivity index (χ3n) is 3.57. The molecular weight excluding hydrogens is 385 g/mol. The van der Waals surface area contributed by atoms with Gasteiger partial charge in [-0.3, -0.25) is 4.99 Å². The molecule has 3 N–H and O–H groups in total. The van der Waals surface area contributed by atoms with Crippen molar-refractivity contribution in [3.63, 3.8) is 0 Å². The molecule has 2 aromatic carbocycles. The Morgan fingerprint density at radius 1 is 1.09 bits per heavy atom. The summed E-state index contributed by atoms with van der Waals surface area (Å²) in [6.45, 7) is 4.94. The zero-order valence-corrected chi connectivity index (χ0v) is 15.5. The Kier molecular flexibility index (Phi) is 7.95. The fraction of sp³-hybridized carbons (Fsp3) is 0.278. The minimum atomic E-state index is 0. The second kappa shape index (κ2) is 9.46. The quantitative estimate of drug-likeness (QED) is 0.433. The van der Waals surface area contributed by atoms with E-state index in [2.05, 4.69) is 60.6 Å². The van der Waals surface area contributed by atoms with Gasteiger partial charge in [0.25, 0.3) is 0 Å². The molecule has 0 aliphatic heterocycles. The molecule has 0 aromatic heterocycles. The minimum absolute atomic E-state index is 0. The molecule has 0 bridgehead atoms. The van der Waals surface area contributed by atoms with Gasteiger partial charge in [-0.05, 0) is 31.0 Å². The SMILES string of the molecule is CCC(CN=C(N)Nc1ccc(C)cc1)c1ccccc1.I. The highest BCUT2D eigenvalue weighted by molar-refractivity contribution is 14.0. The molecule has 0 aliphatic carbocycles. The first-order valence-electron chi connectivity index (χ1n) is 7.37. The summed E-state index contributed by atoms with van der Waals surface area (Å²) in [6, 6.07) is 18.6. The van der Waals surface area contributed by atoms with Crippen molar-refractivity contribution in [2.75, 3.05) is 11.9 Å². The normalized spacial score (nSPS) is 12.4. The van der Waals surface area contributed by atoms with E-state index in [4.69, 9.17) is 5.73 Å². The highest BCUT2D eigenvalue weighted by Gasteiger charge is 2.08. The van der Waals surface area contributed by atoms with Crippen molar-refractivity contribution in [3.05, 3.63) is 65.7 Å². The predicted octanol–water partition coefficient (Wildman–Crippen LogP) is 4.53. The summed E-state index contributed by atoms with van der Waals surface area (Å²) in [6.07, 6.45) is 1.05. The van der Waals surface area contributed by atoms with Gasteiger partial charge in [0.05, 0.1) is 0 Å². The van der Waals surface area contributed by atoms with Crippen molar-refractivity contribution in [2.45, 2.75) is 26.2 Å². The number of rotatable bonds is 5. The van der Waals surface area contributed by atoms with Gasteiger partial charge >= 0.3 is 0 Å². The molecule has 0 amide bonds. The number of benzene rings is 2. The Morgan fingerprint density at radius 3 is 2.32 bits per heavy atom. The molecule has 0 spiro atoms. The van der Waals surface area contributed by atoms with Crippen LogP contribution in [-0.2, 0) is 0 Å². The second-order valence-corrected chi connectivity index (χ2v) is 5.23. The summed E-state index contributed by atoms with van der Waals surface area (Å²) < 4.78 is 0. The summed E-state index contributed by atoms with van der Waals surface area (Å²) in [5.74, 6) is 0.873. The van der Waals surface area contributed by atoms with Crippen molar-refractivity contribution in [1.82, 2.24) is 0 Å². The summed E-state index contributed by atoms with van der Waals surface area (Å²) >= 11 is 0. The maximum Gasteiger partial charge on any atom is 0.193 e. The number of halogens is 1. The number of aliphatic imine (C=N–C) groups is 1. The third kappa shape index (κ3) is 5.67. The largest absolute Gasteiger partial charge is 0.370 e. The number of guanidine groups is 1. The lowest BCUT2D eigenvalue weighted by atomic mass is 9.97. The van der Waals surface area contributed by atoms with Crippen LogP contribution < -0.4 is 11.1 Å². The zero-order chi connectivity index (χ0) is 15.1. The van der Waals surface area contributed by atoms with E-state index in [1.54, 1.807) is 0 Å². The maximum absolute atomic E-state index is 5.96. The van der Waals surface area contributed by atoms with Gasteiger partial charge in [-0.25, -0.2) is 0 Å². The molecule has 2 rings (SSSR count). The van der Waals surface area contributed by atoms with Crippen molar-refractivity contribution in [2.24, 2.45) is 10.7 Å². The second-order valence-electron chi connectivity index (χ2n) is 5.23. The standard InChI is InChI=1S/C18H23N3.HI/c1-3-15(16-7-5-4-6-8-16)13-20-18(19)21-17-11-9-14(2)10-12-17;/h4-12,15H,3,13H2,1-2H3,(H3,19,20,21);1H. The van der Waals surface area contributed by atoms with E-state index in [0.29, 0.717) is 18.4 Å². The summed E-state index contributed by atoms with van der Waals surface area (Å²) in [5, 5.41) is 3.13. The lowest BCUT2D eigenvalue weighted by Crippen LogP contribution is -2.23. The molecular formula is C18H24IN3. The first-order chi connectivity index (χ1) is 10.2. The van der Waals surface area contributed by atoms with Gasteiger partial charge in [-0.15, -0.1) is 24.0 Å². The Balaban J connectivity index is 0.00000242. The number of nitrogens with one attached hydrogen (secondary N) is 1. The van der Waals surface area contributed by atoms with Gasteiger partial charge in [0.2, 0.25) is 0 Å². The van der Waals surface area contributed by atoms with Crippen LogP contribution in [0.1, 0.15) is 30.4 Å². The van der Waals surface area contributed by atoms with Crippen LogP contribution >= 0.6 is 24.0 Å². The molecule has 0 fully saturated rings. The van der Waals surface area contributed by atoms with Crippen molar-refractivity contribution < 1.29 is 0 Å². The first kappa shape index (κ1) is 18.5. The number of anilines is 1. The zero-order valence-electron chi connectivity index (χ0n) is 13.1. The molecule has 22 heavy (non-hydrogen) atoms. The average molecular weight is 409 g/mol. The van der Waals surface area contributed by atoms with Crippen LogP contribution in [0.5, 0.6) is 0 Å². The molecule has 0 saturated carbocycles. The van der Waals surface area contributed by atoms with E-state index >= 15 is 0 Å². The average Bonchev–Trinajstić information content (AvgIpc) is 2.51. The van der Waals surface area contributed by atoms with E-state index in [1.807, 2.05) is 18.2 Å². The van der Waals surface area contributed by atoms with Crippen LogP contribution in [0.25, 0.3) is 0 Å². The fourth-order valence-electron chi connectivity index (χ4n) is 2.23. The van der Waals surface area contributed by atoms with Crippen LogP contribution in [0.3, 0.4) is 0 Å². The topological polar surface area (TPSA) is 50.4 Å². The maximum atomic E-state index is 5.96. The Morgan fingerprint density at radius 2 is 1.73 bits per heavy atom. The Labute approximate surface area is 150 Å². The number of nitrogens with two attached hydrogens (primary N) is 1. The number of nitrogens with zero attached hydrogens (tertiary/aromatic N) is 1. The molecule has 2 aromatic rings. The number of hydrogen-bond donors (Lipinski definition) is 2. The Hall–Kier alpha value is -1.56. The van der Waals surface area contributed by atoms with E-state index in [1.165, 1.54) is 11.1 Å². The molecule has 1 atom stereocenters. The van der Waals surface area contributed by atoms with Gasteiger partial charge in [0.15, 0.2) is 5.96 Å². The van der Waals surface area contributed by atoms with E-state index in [9.17, 15) is 0 Å². The third-order valence-corrected chi connectivity index (χ3v) is 3.57. The molecule has 118 valence electrons. The van der Waals surface area contributed by atoms with Crippen LogP contribution in [0.15, 0.2) is 59.6 Å². The summed E-state index contributed by atoms with van der Waals surface area (Å²) in [4.78, 5) is 4.47. The van der Waals surface area contributed by atoms with Crippen molar-refractivity contribution >= 4 is 35.6 Å². The van der Waals surface area contributed by atoms with E-state index in [-0.39, 0.29) is 24.0 Å². The molecule has 4 heteroatoms. The van der Waals surface area contributed by atoms with Gasteiger partial charge in [0.1, 0.15) is 0 Å². The Bertz CT molecular complexity index is 579. The van der Waals surface area contributed by atoms with Crippen molar-refractivity contribution in [3.8, 4) is 0 Å². The molecule has 0 aliphatic rings. The molecule has 0 heterocycles. The molecule has 0 saturated heterocycles. The van der Waals surface area contributed by atoms with Crippen LogP contribution in [-0.4, -0.2) is 12.5 Å². The fourth-order valence-corrected chi connectivity index (χ4v) is 2.23. The number of aryl methyl sites for hydroxylation is 1. The van der Waals surface area contributed by atoms with E-state index in [0.717, 1.165) is 12.1 Å². The van der Waals surface area contributed by atoms with Crippen LogP contribution in [0, 0.1) is 6.92 Å². The van der Waals surface area contributed by atoms with Crippen LogP contribution in [0.4, 0.5) is 5.69 Å². The molecule has 3 nitrogen and oxygen atoms in total. The van der Waals surface area contributed by atoms with Gasteiger partial charge in [-0.1, -0.05) is 55.0 Å². The summed E-state index contributed by atoms with van der Waals surface area (Å²) in [5.41, 5.74) is 9.47. The molecule has 1 unspecified atom stereocenters. The predicted molar refractivity (Wildman–Crippen MR) is 106 cm³/mol. The monoisotopic (exact) mass is 409 g/mol. The first-order valence-corrected chi connectivity index (χ1v) is 7.37. The van der Waals surface area contributed by atoms with Crippen LogP contribution in [0.2, 0.25) is 0 Å². The summed E-state index contributed by atoms with van der Waals surface area (Å²) in [7, 11) is 0. The smallest absolute Gasteiger partial charge is 0.193 e. The lowest BCUT2D eigenvalue weighted by molar-refractivity contribution is 0.675. The molecule has 0 radical (unpaired) electrons. The highest BCUT2D eigenvalue weighted by Crippen LogP contribution is 2.19. The van der Waals surface area contributed by atoms with E-state index < -0.39 is 0 Å². The lowest BCUT2D eigenvalue weighted by Gasteiger charge is -2.13. The highest BCUT2D eigenvalue weighted by atomic mass is 127. The minimum Gasteiger partial charge on any atom is -0.370 e. The van der Waals surface area contributed by atoms with Gasteiger partial charge in [0, 0.05) is 18.2 Å². The van der Waals surface area contributed by atoms with Crippen molar-refractivity contribution in [1.29, 1.82) is 0 Å². The van der Waals surface area contributed by atoms with Gasteiger partial charge < -0.3 is 11.1 Å².